The third-order valence-corrected chi connectivity index (χ3v) is 3.12. The molecule has 0 saturated carbocycles. The number of aliphatic carboxylic acids is 1. The van der Waals surface area contributed by atoms with E-state index >= 15 is 0 Å². The van der Waals surface area contributed by atoms with Crippen LogP contribution in [0.15, 0.2) is 22.7 Å². The summed E-state index contributed by atoms with van der Waals surface area (Å²) >= 11 is 8.68. The molecule has 0 saturated heterocycles. The number of carbonyl (C=O) groups is 1. The van der Waals surface area contributed by atoms with E-state index < -0.39 is 18.0 Å². The monoisotopic (exact) mass is 314 g/mol. The highest BCUT2D eigenvalue weighted by molar-refractivity contribution is 9.10. The van der Waals surface area contributed by atoms with Crippen molar-refractivity contribution in [1.29, 1.82) is 0 Å². The molecule has 1 aromatic rings. The highest BCUT2D eigenvalue weighted by Gasteiger charge is 2.47. The van der Waals surface area contributed by atoms with E-state index in [9.17, 15) is 18.7 Å². The normalized spacial score (nSPS) is 13.6. The summed E-state index contributed by atoms with van der Waals surface area (Å²) in [6.07, 6.45) is -2.43. The molecular weight excluding hydrogens is 309 g/mol. The van der Waals surface area contributed by atoms with Gasteiger partial charge in [-0.05, 0) is 33.6 Å². The molecule has 1 atom stereocenters. The van der Waals surface area contributed by atoms with Crippen molar-refractivity contribution < 1.29 is 23.8 Å². The lowest BCUT2D eigenvalue weighted by Crippen LogP contribution is -2.35. The lowest BCUT2D eigenvalue weighted by molar-refractivity contribution is -0.182. The second-order valence-electron chi connectivity index (χ2n) is 3.00. The van der Waals surface area contributed by atoms with Gasteiger partial charge in [-0.25, -0.2) is 4.79 Å². The molecule has 0 heterocycles. The van der Waals surface area contributed by atoms with Crippen molar-refractivity contribution in [2.24, 2.45) is 0 Å². The van der Waals surface area contributed by atoms with Crippen molar-refractivity contribution in [3.8, 4) is 0 Å². The molecule has 0 bridgehead atoms. The molecule has 0 aliphatic heterocycles. The summed E-state index contributed by atoms with van der Waals surface area (Å²) in [4.78, 5) is 10.2. The molecule has 1 aromatic carbocycles. The molecule has 0 aliphatic rings. The van der Waals surface area contributed by atoms with Gasteiger partial charge >= 0.3 is 11.9 Å². The van der Waals surface area contributed by atoms with Crippen LogP contribution in [0.4, 0.5) is 8.78 Å². The Morgan fingerprint density at radius 1 is 1.50 bits per heavy atom. The minimum Gasteiger partial charge on any atom is -0.477 e. The van der Waals surface area contributed by atoms with Crippen LogP contribution < -0.4 is 0 Å². The van der Waals surface area contributed by atoms with Gasteiger partial charge < -0.3 is 10.2 Å². The number of carboxylic acids is 1. The number of carboxylic acid groups (broad SMARTS) is 1. The molecule has 88 valence electrons. The molecule has 1 rings (SSSR count). The summed E-state index contributed by atoms with van der Waals surface area (Å²) in [5.74, 6) is -6.64. The summed E-state index contributed by atoms with van der Waals surface area (Å²) in [5, 5.41) is 17.6. The van der Waals surface area contributed by atoms with E-state index in [2.05, 4.69) is 15.9 Å². The first-order chi connectivity index (χ1) is 7.26. The van der Waals surface area contributed by atoms with Crippen LogP contribution in [0.25, 0.3) is 0 Å². The van der Waals surface area contributed by atoms with Gasteiger partial charge in [0.15, 0.2) is 6.10 Å². The summed E-state index contributed by atoms with van der Waals surface area (Å²) in [6, 6.07) is 3.59. The van der Waals surface area contributed by atoms with E-state index in [1.807, 2.05) is 0 Å². The fourth-order valence-electron chi connectivity index (χ4n) is 1.01. The van der Waals surface area contributed by atoms with Gasteiger partial charge in [-0.1, -0.05) is 17.7 Å². The predicted octanol–water partition coefficient (Wildman–Crippen LogP) is 2.86. The number of benzene rings is 1. The molecule has 0 amide bonds. The zero-order valence-electron chi connectivity index (χ0n) is 7.62. The van der Waals surface area contributed by atoms with Gasteiger partial charge in [-0.3, -0.25) is 0 Å². The summed E-state index contributed by atoms with van der Waals surface area (Å²) in [5.41, 5.74) is -0.263. The predicted molar refractivity (Wildman–Crippen MR) is 56.7 cm³/mol. The maximum atomic E-state index is 13.0. The fourth-order valence-corrected chi connectivity index (χ4v) is 1.44. The van der Waals surface area contributed by atoms with Crippen LogP contribution in [0, 0.1) is 0 Å². The molecule has 0 fully saturated rings. The van der Waals surface area contributed by atoms with E-state index in [4.69, 9.17) is 16.7 Å². The van der Waals surface area contributed by atoms with Crippen molar-refractivity contribution >= 4 is 33.5 Å². The topological polar surface area (TPSA) is 57.5 Å². The standard InChI is InChI=1S/C9H6BrClF2O3/c10-5-2-1-4(3-6(5)11)7(14)9(12,13)8(15)16/h1-3,7,14H,(H,15,16). The summed E-state index contributed by atoms with van der Waals surface area (Å²) < 4.78 is 26.4. The molecule has 0 aliphatic carbocycles. The van der Waals surface area contributed by atoms with E-state index in [1.165, 1.54) is 6.07 Å². The molecule has 3 nitrogen and oxygen atoms in total. The number of halogens is 4. The first-order valence-electron chi connectivity index (χ1n) is 4.01. The van der Waals surface area contributed by atoms with Crippen LogP contribution in [-0.4, -0.2) is 22.1 Å². The average Bonchev–Trinajstić information content (AvgIpc) is 2.20. The smallest absolute Gasteiger partial charge is 0.377 e. The highest BCUT2D eigenvalue weighted by atomic mass is 79.9. The van der Waals surface area contributed by atoms with Gasteiger partial charge in [0.2, 0.25) is 0 Å². The van der Waals surface area contributed by atoms with E-state index in [1.54, 1.807) is 0 Å². The minimum absolute atomic E-state index is 0.109. The van der Waals surface area contributed by atoms with Crippen LogP contribution in [0.5, 0.6) is 0 Å². The molecule has 0 radical (unpaired) electrons. The van der Waals surface area contributed by atoms with Crippen molar-refractivity contribution in [1.82, 2.24) is 0 Å². The van der Waals surface area contributed by atoms with Gasteiger partial charge in [0.05, 0.1) is 5.02 Å². The van der Waals surface area contributed by atoms with Crippen molar-refractivity contribution in [2.75, 3.05) is 0 Å². The lowest BCUT2D eigenvalue weighted by atomic mass is 10.0. The molecular formula is C9H6BrClF2O3. The summed E-state index contributed by atoms with van der Waals surface area (Å²) in [7, 11) is 0. The van der Waals surface area contributed by atoms with Gasteiger partial charge in [0, 0.05) is 4.47 Å². The van der Waals surface area contributed by atoms with Crippen LogP contribution in [0.3, 0.4) is 0 Å². The number of hydrogen-bond donors (Lipinski definition) is 2. The first kappa shape index (κ1) is 13.3. The summed E-state index contributed by atoms with van der Waals surface area (Å²) in [6.45, 7) is 0. The zero-order valence-corrected chi connectivity index (χ0v) is 9.97. The third kappa shape index (κ3) is 2.50. The highest BCUT2D eigenvalue weighted by Crippen LogP contribution is 2.34. The van der Waals surface area contributed by atoms with Gasteiger partial charge in [-0.2, -0.15) is 8.78 Å². The van der Waals surface area contributed by atoms with Crippen LogP contribution >= 0.6 is 27.5 Å². The van der Waals surface area contributed by atoms with Gasteiger partial charge in [0.25, 0.3) is 0 Å². The SMILES string of the molecule is O=C(O)C(F)(F)C(O)c1ccc(Br)c(Cl)c1. The Bertz CT molecular complexity index is 425. The van der Waals surface area contributed by atoms with Gasteiger partial charge in [-0.15, -0.1) is 0 Å². The lowest BCUT2D eigenvalue weighted by Gasteiger charge is -2.18. The fraction of sp³-hybridized carbons (Fsp3) is 0.222. The molecule has 2 N–H and O–H groups in total. The largest absolute Gasteiger partial charge is 0.477 e. The second-order valence-corrected chi connectivity index (χ2v) is 4.27. The first-order valence-corrected chi connectivity index (χ1v) is 5.18. The van der Waals surface area contributed by atoms with Crippen LogP contribution in [-0.2, 0) is 4.79 Å². The van der Waals surface area contributed by atoms with Crippen molar-refractivity contribution in [2.45, 2.75) is 12.0 Å². The molecule has 0 spiro atoms. The van der Waals surface area contributed by atoms with Crippen molar-refractivity contribution in [3.05, 3.63) is 33.3 Å². The maximum absolute atomic E-state index is 13.0. The molecule has 16 heavy (non-hydrogen) atoms. The van der Waals surface area contributed by atoms with Crippen LogP contribution in [0.2, 0.25) is 5.02 Å². The van der Waals surface area contributed by atoms with E-state index in [-0.39, 0.29) is 10.6 Å². The number of rotatable bonds is 3. The quantitative estimate of drug-likeness (QED) is 0.902. The Balaban J connectivity index is 3.10. The molecule has 0 aromatic heterocycles. The van der Waals surface area contributed by atoms with E-state index in [0.29, 0.717) is 4.47 Å². The van der Waals surface area contributed by atoms with Crippen LogP contribution in [0.1, 0.15) is 11.7 Å². The number of aliphatic hydroxyl groups excluding tert-OH is 1. The second kappa shape index (κ2) is 4.65. The number of aliphatic hydroxyl groups is 1. The van der Waals surface area contributed by atoms with Crippen molar-refractivity contribution in [3.63, 3.8) is 0 Å². The Hall–Kier alpha value is -0.720. The number of alkyl halides is 2. The molecule has 7 heteroatoms. The molecule has 1 unspecified atom stereocenters. The maximum Gasteiger partial charge on any atom is 0.377 e. The number of hydrogen-bond acceptors (Lipinski definition) is 2. The average molecular weight is 315 g/mol. The van der Waals surface area contributed by atoms with Gasteiger partial charge in [0.1, 0.15) is 0 Å². The Morgan fingerprint density at radius 2 is 2.06 bits per heavy atom. The van der Waals surface area contributed by atoms with E-state index in [0.717, 1.165) is 12.1 Å². The third-order valence-electron chi connectivity index (χ3n) is 1.89. The Morgan fingerprint density at radius 3 is 2.50 bits per heavy atom. The Labute approximate surface area is 103 Å². The minimum atomic E-state index is -4.25. The Kier molecular flexibility index (Phi) is 3.88. The zero-order chi connectivity index (χ0) is 12.5.